The summed E-state index contributed by atoms with van der Waals surface area (Å²) in [4.78, 5) is 12.7. The van der Waals surface area contributed by atoms with Crippen molar-refractivity contribution in [3.05, 3.63) is 41.3 Å². The first-order chi connectivity index (χ1) is 13.8. The van der Waals surface area contributed by atoms with Crippen LogP contribution < -0.4 is 20.1 Å². The number of halogens is 4. The van der Waals surface area contributed by atoms with E-state index in [9.17, 15) is 22.4 Å². The molecule has 3 rings (SSSR count). The van der Waals surface area contributed by atoms with E-state index >= 15 is 0 Å². The van der Waals surface area contributed by atoms with Gasteiger partial charge in [0, 0.05) is 18.7 Å². The molecule has 1 aromatic carbocycles. The molecule has 1 fully saturated rings. The van der Waals surface area contributed by atoms with Crippen LogP contribution in [0.5, 0.6) is 17.4 Å². The second-order valence-corrected chi connectivity index (χ2v) is 6.36. The summed E-state index contributed by atoms with van der Waals surface area (Å²) in [5, 5.41) is 12.3. The monoisotopic (exact) mass is 414 g/mol. The first-order valence-electron chi connectivity index (χ1n) is 8.76. The van der Waals surface area contributed by atoms with Crippen molar-refractivity contribution < 1.29 is 31.8 Å². The first kappa shape index (κ1) is 20.8. The van der Waals surface area contributed by atoms with Crippen LogP contribution in [0.1, 0.15) is 28.9 Å². The average molecular weight is 414 g/mol. The highest BCUT2D eigenvalue weighted by Gasteiger charge is 2.35. The second-order valence-electron chi connectivity index (χ2n) is 6.36. The quantitative estimate of drug-likeness (QED) is 0.732. The van der Waals surface area contributed by atoms with Crippen molar-refractivity contribution in [2.75, 3.05) is 20.2 Å². The molecule has 0 aliphatic carbocycles. The fourth-order valence-corrected chi connectivity index (χ4v) is 2.83. The number of hydrogen-bond acceptors (Lipinski definition) is 6. The summed E-state index contributed by atoms with van der Waals surface area (Å²) in [5.41, 5.74) is -1.77. The lowest BCUT2D eigenvalue weighted by Gasteiger charge is -2.24. The van der Waals surface area contributed by atoms with Gasteiger partial charge in [-0.2, -0.15) is 13.2 Å². The molecule has 1 amide bonds. The Kier molecular flexibility index (Phi) is 6.16. The maximum atomic E-state index is 13.4. The van der Waals surface area contributed by atoms with Gasteiger partial charge >= 0.3 is 6.18 Å². The third-order valence-corrected chi connectivity index (χ3v) is 4.26. The maximum absolute atomic E-state index is 13.4. The first-order valence-corrected chi connectivity index (χ1v) is 8.76. The highest BCUT2D eigenvalue weighted by Crippen LogP contribution is 2.34. The van der Waals surface area contributed by atoms with Gasteiger partial charge in [-0.15, -0.1) is 10.2 Å². The molecule has 2 N–H and O–H groups in total. The number of amides is 1. The predicted octanol–water partition coefficient (Wildman–Crippen LogP) is 2.92. The minimum Gasteiger partial charge on any atom is -0.493 e. The molecule has 156 valence electrons. The fourth-order valence-electron chi connectivity index (χ4n) is 2.83. The lowest BCUT2D eigenvalue weighted by Crippen LogP contribution is -2.45. The third-order valence-electron chi connectivity index (χ3n) is 4.26. The molecular weight excluding hydrogens is 396 g/mol. The normalized spacial score (nSPS) is 16.9. The number of carbonyl (C=O) groups excluding carboxylic acids is 1. The van der Waals surface area contributed by atoms with Crippen LogP contribution in [0.2, 0.25) is 0 Å². The summed E-state index contributed by atoms with van der Waals surface area (Å²) in [5.74, 6) is -1.89. The molecule has 0 spiro atoms. The number of methoxy groups -OCH3 is 1. The van der Waals surface area contributed by atoms with E-state index in [-0.39, 0.29) is 17.5 Å². The number of aromatic nitrogens is 2. The van der Waals surface area contributed by atoms with E-state index in [1.165, 1.54) is 13.2 Å². The van der Waals surface area contributed by atoms with Gasteiger partial charge in [0.25, 0.3) is 11.8 Å². The Hall–Kier alpha value is -2.95. The van der Waals surface area contributed by atoms with Gasteiger partial charge in [-0.25, -0.2) is 4.39 Å². The molecule has 2 heterocycles. The van der Waals surface area contributed by atoms with Gasteiger partial charge in [-0.1, -0.05) is 0 Å². The van der Waals surface area contributed by atoms with E-state index in [4.69, 9.17) is 9.47 Å². The SMILES string of the molecule is COc1cc(F)ccc1Oc1nnc(C(F)(F)F)cc1C(=O)N[C@H]1CCCNC1. The zero-order valence-electron chi connectivity index (χ0n) is 15.3. The number of carbonyl (C=O) groups is 1. The second kappa shape index (κ2) is 8.60. The maximum Gasteiger partial charge on any atom is 0.435 e. The number of piperidine rings is 1. The van der Waals surface area contributed by atoms with Gasteiger partial charge in [-0.05, 0) is 37.6 Å². The molecule has 29 heavy (non-hydrogen) atoms. The molecule has 7 nitrogen and oxygen atoms in total. The Morgan fingerprint density at radius 3 is 2.69 bits per heavy atom. The van der Waals surface area contributed by atoms with Crippen LogP contribution in [-0.4, -0.2) is 42.3 Å². The minimum absolute atomic E-state index is 0.0189. The van der Waals surface area contributed by atoms with E-state index in [1.807, 2.05) is 0 Å². The standard InChI is InChI=1S/C18H18F4N4O3/c1-28-14-7-10(19)4-5-13(14)29-17-12(8-15(25-26-17)18(20,21)22)16(27)24-11-3-2-6-23-9-11/h4-5,7-8,11,23H,2-3,6,9H2,1H3,(H,24,27)/t11-/m0/s1. The molecule has 1 aliphatic rings. The van der Waals surface area contributed by atoms with Crippen LogP contribution in [0.3, 0.4) is 0 Å². The van der Waals surface area contributed by atoms with E-state index in [1.54, 1.807) is 0 Å². The Morgan fingerprint density at radius 1 is 1.24 bits per heavy atom. The summed E-state index contributed by atoms with van der Waals surface area (Å²) in [6.07, 6.45) is -3.28. The molecule has 11 heteroatoms. The van der Waals surface area contributed by atoms with Gasteiger partial charge in [-0.3, -0.25) is 4.79 Å². The fraction of sp³-hybridized carbons (Fsp3) is 0.389. The van der Waals surface area contributed by atoms with Crippen molar-refractivity contribution >= 4 is 5.91 Å². The molecule has 0 radical (unpaired) electrons. The summed E-state index contributed by atoms with van der Waals surface area (Å²) >= 11 is 0. The van der Waals surface area contributed by atoms with Gasteiger partial charge < -0.3 is 20.1 Å². The molecule has 0 unspecified atom stereocenters. The van der Waals surface area contributed by atoms with E-state index < -0.39 is 35.0 Å². The van der Waals surface area contributed by atoms with E-state index in [0.717, 1.165) is 25.1 Å². The largest absolute Gasteiger partial charge is 0.493 e. The van der Waals surface area contributed by atoms with Gasteiger partial charge in [0.2, 0.25) is 0 Å². The van der Waals surface area contributed by atoms with Crippen molar-refractivity contribution in [2.24, 2.45) is 0 Å². The summed E-state index contributed by atoms with van der Waals surface area (Å²) in [7, 11) is 1.27. The van der Waals surface area contributed by atoms with Gasteiger partial charge in [0.05, 0.1) is 7.11 Å². The molecule has 0 saturated carbocycles. The Bertz CT molecular complexity index is 886. The lowest BCUT2D eigenvalue weighted by atomic mass is 10.1. The van der Waals surface area contributed by atoms with Crippen LogP contribution >= 0.6 is 0 Å². The summed E-state index contributed by atoms with van der Waals surface area (Å²) in [6.45, 7) is 1.30. The number of hydrogen-bond donors (Lipinski definition) is 2. The van der Waals surface area contributed by atoms with Crippen molar-refractivity contribution in [1.82, 2.24) is 20.8 Å². The van der Waals surface area contributed by atoms with Crippen LogP contribution in [0.15, 0.2) is 24.3 Å². The van der Waals surface area contributed by atoms with E-state index in [0.29, 0.717) is 19.0 Å². The third kappa shape index (κ3) is 5.11. The van der Waals surface area contributed by atoms with Crippen LogP contribution in [0.4, 0.5) is 17.6 Å². The van der Waals surface area contributed by atoms with Crippen molar-refractivity contribution in [3.8, 4) is 17.4 Å². The molecule has 0 bridgehead atoms. The van der Waals surface area contributed by atoms with E-state index in [2.05, 4.69) is 20.8 Å². The summed E-state index contributed by atoms with van der Waals surface area (Å²) < 4.78 is 63.0. The van der Waals surface area contributed by atoms with Gasteiger partial charge in [0.15, 0.2) is 17.2 Å². The Labute approximate surface area is 163 Å². The average Bonchev–Trinajstić information content (AvgIpc) is 2.69. The Balaban J connectivity index is 1.94. The molecule has 1 saturated heterocycles. The number of ether oxygens (including phenoxy) is 2. The molecule has 1 atom stereocenters. The lowest BCUT2D eigenvalue weighted by molar-refractivity contribution is -0.141. The number of benzene rings is 1. The van der Waals surface area contributed by atoms with Crippen LogP contribution in [0.25, 0.3) is 0 Å². The zero-order chi connectivity index (χ0) is 21.0. The summed E-state index contributed by atoms with van der Waals surface area (Å²) in [6, 6.07) is 3.64. The zero-order valence-corrected chi connectivity index (χ0v) is 15.3. The number of rotatable bonds is 5. The van der Waals surface area contributed by atoms with Crippen LogP contribution in [0, 0.1) is 5.82 Å². The highest BCUT2D eigenvalue weighted by atomic mass is 19.4. The number of nitrogens with one attached hydrogen (secondary N) is 2. The predicted molar refractivity (Wildman–Crippen MR) is 93.4 cm³/mol. The smallest absolute Gasteiger partial charge is 0.435 e. The minimum atomic E-state index is -4.79. The highest BCUT2D eigenvalue weighted by molar-refractivity contribution is 5.96. The Morgan fingerprint density at radius 2 is 2.03 bits per heavy atom. The molecule has 1 aliphatic heterocycles. The topological polar surface area (TPSA) is 85.4 Å². The van der Waals surface area contributed by atoms with Crippen molar-refractivity contribution in [1.29, 1.82) is 0 Å². The molecule has 2 aromatic rings. The molecule has 1 aromatic heterocycles. The number of alkyl halides is 3. The number of nitrogens with zero attached hydrogens (tertiary/aromatic N) is 2. The van der Waals surface area contributed by atoms with Gasteiger partial charge in [0.1, 0.15) is 11.4 Å². The van der Waals surface area contributed by atoms with Crippen molar-refractivity contribution in [2.45, 2.75) is 25.1 Å². The van der Waals surface area contributed by atoms with Crippen molar-refractivity contribution in [3.63, 3.8) is 0 Å². The van der Waals surface area contributed by atoms with Crippen LogP contribution in [-0.2, 0) is 6.18 Å². The molecular formula is C18H18F4N4O3.